The number of aliphatic hydroxyl groups is 2. The number of carboxylic acids is 1. The molecule has 216 valence electrons. The van der Waals surface area contributed by atoms with Crippen LogP contribution in [0.1, 0.15) is 92.9 Å². The van der Waals surface area contributed by atoms with E-state index < -0.39 is 24.1 Å². The SMILES string of the molecule is CC(C)=CC[C@@H](C(=O)O)[C@@H]1C2CC(O)C3[C@@]4(C)CC[C@@H](O)[C@@H](C)C4CC[C@]3(C)[C@@]2(C)C[C@@H]1OC(=O)CCCl. The molecule has 0 aromatic rings. The van der Waals surface area contributed by atoms with Crippen molar-refractivity contribution in [2.75, 3.05) is 5.88 Å². The molecule has 4 fully saturated rings. The zero-order valence-electron chi connectivity index (χ0n) is 24.1. The fraction of sp³-hybridized carbons (Fsp3) is 0.871. The van der Waals surface area contributed by atoms with E-state index >= 15 is 0 Å². The van der Waals surface area contributed by atoms with Gasteiger partial charge in [0.2, 0.25) is 0 Å². The summed E-state index contributed by atoms with van der Waals surface area (Å²) >= 11 is 5.85. The van der Waals surface area contributed by atoms with E-state index in [1.165, 1.54) is 0 Å². The van der Waals surface area contributed by atoms with Crippen LogP contribution in [0.15, 0.2) is 11.6 Å². The van der Waals surface area contributed by atoms with Crippen LogP contribution in [-0.2, 0) is 14.3 Å². The molecule has 4 unspecified atom stereocenters. The van der Waals surface area contributed by atoms with Crippen LogP contribution in [-0.4, -0.2) is 51.5 Å². The molecule has 4 aliphatic rings. The lowest BCUT2D eigenvalue weighted by Crippen LogP contribution is -2.66. The topological polar surface area (TPSA) is 104 Å². The smallest absolute Gasteiger partial charge is 0.307 e. The molecule has 7 heteroatoms. The molecule has 38 heavy (non-hydrogen) atoms. The molecule has 4 rings (SSSR count). The zero-order chi connectivity index (χ0) is 28.2. The number of carbonyl (C=O) groups is 2. The predicted molar refractivity (Wildman–Crippen MR) is 148 cm³/mol. The van der Waals surface area contributed by atoms with Gasteiger partial charge in [-0.1, -0.05) is 39.3 Å². The van der Waals surface area contributed by atoms with Crippen LogP contribution >= 0.6 is 11.6 Å². The number of carbonyl (C=O) groups excluding carboxylic acids is 1. The molecule has 0 aromatic carbocycles. The summed E-state index contributed by atoms with van der Waals surface area (Å²) in [5.41, 5.74) is 0.423. The number of aliphatic carboxylic acids is 1. The van der Waals surface area contributed by atoms with E-state index in [1.807, 2.05) is 19.9 Å². The summed E-state index contributed by atoms with van der Waals surface area (Å²) in [5.74, 6) is -1.66. The quantitative estimate of drug-likeness (QED) is 0.209. The fourth-order valence-electron chi connectivity index (χ4n) is 10.2. The predicted octanol–water partition coefficient (Wildman–Crippen LogP) is 5.82. The van der Waals surface area contributed by atoms with Crippen molar-refractivity contribution in [3.8, 4) is 0 Å². The van der Waals surface area contributed by atoms with Gasteiger partial charge < -0.3 is 20.1 Å². The number of esters is 1. The Morgan fingerprint density at radius 1 is 1.05 bits per heavy atom. The van der Waals surface area contributed by atoms with Gasteiger partial charge in [-0.3, -0.25) is 9.59 Å². The Kier molecular flexibility index (Phi) is 8.41. The standard InChI is InChI=1S/C31H49ClO6/c1-17(2)7-8-19(28(36)37)26-21-15-23(34)27-29(4)12-10-22(33)18(3)20(29)9-13-30(27,5)31(21,6)16-24(26)38-25(35)11-14-32/h7,18-24,26-27,33-34H,8-16H2,1-6H3,(H,36,37)/t18-,19+,20?,21?,22+,23?,24-,26+,27?,29-,30-,31-/m0/s1. The van der Waals surface area contributed by atoms with Crippen LogP contribution < -0.4 is 0 Å². The first-order valence-electron chi connectivity index (χ1n) is 14.7. The minimum atomic E-state index is -0.873. The molecule has 3 N–H and O–H groups in total. The van der Waals surface area contributed by atoms with Gasteiger partial charge in [0.15, 0.2) is 0 Å². The molecule has 0 aromatic heterocycles. The van der Waals surface area contributed by atoms with E-state index in [9.17, 15) is 24.9 Å². The Labute approximate surface area is 233 Å². The van der Waals surface area contributed by atoms with Crippen LogP contribution in [0.3, 0.4) is 0 Å². The number of halogens is 1. The molecular weight excluding hydrogens is 504 g/mol. The largest absolute Gasteiger partial charge is 0.481 e. The third kappa shape index (κ3) is 4.64. The van der Waals surface area contributed by atoms with Gasteiger partial charge in [-0.2, -0.15) is 0 Å². The number of aliphatic hydroxyl groups excluding tert-OH is 2. The third-order valence-electron chi connectivity index (χ3n) is 12.1. The highest BCUT2D eigenvalue weighted by Gasteiger charge is 2.72. The van der Waals surface area contributed by atoms with Gasteiger partial charge in [0.25, 0.3) is 0 Å². The highest BCUT2D eigenvalue weighted by Crippen LogP contribution is 2.74. The average Bonchev–Trinajstić information content (AvgIpc) is 3.09. The number of ether oxygens (including phenoxy) is 1. The molecule has 0 radical (unpaired) electrons. The number of allylic oxidation sites excluding steroid dienone is 2. The summed E-state index contributed by atoms with van der Waals surface area (Å²) in [6.07, 6.45) is 5.72. The molecule has 4 saturated carbocycles. The maximum absolute atomic E-state index is 12.7. The maximum Gasteiger partial charge on any atom is 0.307 e. The third-order valence-corrected chi connectivity index (χ3v) is 12.3. The molecule has 0 heterocycles. The average molecular weight is 553 g/mol. The van der Waals surface area contributed by atoms with Crippen molar-refractivity contribution in [2.24, 2.45) is 51.8 Å². The van der Waals surface area contributed by atoms with E-state index in [0.29, 0.717) is 25.2 Å². The molecule has 4 aliphatic carbocycles. The summed E-state index contributed by atoms with van der Waals surface area (Å²) < 4.78 is 6.06. The first-order valence-corrected chi connectivity index (χ1v) is 15.2. The van der Waals surface area contributed by atoms with Crippen molar-refractivity contribution in [1.82, 2.24) is 0 Å². The van der Waals surface area contributed by atoms with Gasteiger partial charge in [-0.15, -0.1) is 11.6 Å². The molecule has 0 saturated heterocycles. The lowest BCUT2D eigenvalue weighted by Gasteiger charge is -2.69. The Balaban J connectivity index is 1.78. The number of hydrogen-bond donors (Lipinski definition) is 3. The Morgan fingerprint density at radius 2 is 1.74 bits per heavy atom. The van der Waals surface area contributed by atoms with Crippen molar-refractivity contribution in [3.05, 3.63) is 11.6 Å². The summed E-state index contributed by atoms with van der Waals surface area (Å²) in [6.45, 7) is 13.0. The van der Waals surface area contributed by atoms with Gasteiger partial charge >= 0.3 is 11.9 Å². The number of carboxylic acid groups (broad SMARTS) is 1. The van der Waals surface area contributed by atoms with E-state index in [0.717, 1.165) is 31.3 Å². The molecule has 0 spiro atoms. The minimum absolute atomic E-state index is 0.0453. The zero-order valence-corrected chi connectivity index (χ0v) is 24.8. The summed E-state index contributed by atoms with van der Waals surface area (Å²) in [4.78, 5) is 25.4. The van der Waals surface area contributed by atoms with Gasteiger partial charge in [0, 0.05) is 11.8 Å². The Morgan fingerprint density at radius 3 is 2.34 bits per heavy atom. The number of rotatable bonds is 7. The monoisotopic (exact) mass is 552 g/mol. The van der Waals surface area contributed by atoms with Crippen LogP contribution in [0.25, 0.3) is 0 Å². The first kappa shape index (κ1) is 29.9. The summed E-state index contributed by atoms with van der Waals surface area (Å²) in [6, 6.07) is 0. The van der Waals surface area contributed by atoms with Crippen molar-refractivity contribution in [2.45, 2.75) is 111 Å². The second-order valence-electron chi connectivity index (χ2n) is 14.0. The van der Waals surface area contributed by atoms with Crippen LogP contribution in [0, 0.1) is 51.8 Å². The second-order valence-corrected chi connectivity index (χ2v) is 14.4. The van der Waals surface area contributed by atoms with E-state index in [2.05, 4.69) is 27.7 Å². The second kappa shape index (κ2) is 10.7. The lowest BCUT2D eigenvalue weighted by molar-refractivity contribution is -0.240. The molecule has 6 nitrogen and oxygen atoms in total. The highest BCUT2D eigenvalue weighted by molar-refractivity contribution is 6.18. The molecular formula is C31H49ClO6. The van der Waals surface area contributed by atoms with E-state index in [1.54, 1.807) is 0 Å². The van der Waals surface area contributed by atoms with Gasteiger partial charge in [-0.05, 0) is 98.7 Å². The fourth-order valence-corrected chi connectivity index (χ4v) is 10.4. The van der Waals surface area contributed by atoms with Crippen LogP contribution in [0.2, 0.25) is 0 Å². The number of alkyl halides is 1. The minimum Gasteiger partial charge on any atom is -0.481 e. The van der Waals surface area contributed by atoms with Gasteiger partial charge in [0.05, 0.1) is 24.5 Å². The Hall–Kier alpha value is -1.11. The lowest BCUT2D eigenvalue weighted by atomic mass is 9.36. The van der Waals surface area contributed by atoms with Crippen LogP contribution in [0.5, 0.6) is 0 Å². The first-order chi connectivity index (χ1) is 17.7. The number of fused-ring (bicyclic) bond motifs is 5. The highest BCUT2D eigenvalue weighted by atomic mass is 35.5. The number of hydrogen-bond acceptors (Lipinski definition) is 5. The van der Waals surface area contributed by atoms with Crippen LogP contribution in [0.4, 0.5) is 0 Å². The molecule has 12 atom stereocenters. The van der Waals surface area contributed by atoms with Crippen molar-refractivity contribution < 1.29 is 29.6 Å². The van der Waals surface area contributed by atoms with E-state index in [-0.39, 0.29) is 64.3 Å². The van der Waals surface area contributed by atoms with Crippen molar-refractivity contribution in [1.29, 1.82) is 0 Å². The molecule has 0 amide bonds. The van der Waals surface area contributed by atoms with E-state index in [4.69, 9.17) is 16.3 Å². The molecule has 0 aliphatic heterocycles. The van der Waals surface area contributed by atoms with Crippen molar-refractivity contribution in [3.63, 3.8) is 0 Å². The normalized spacial score (nSPS) is 46.8. The van der Waals surface area contributed by atoms with Crippen molar-refractivity contribution >= 4 is 23.5 Å². The molecule has 0 bridgehead atoms. The summed E-state index contributed by atoms with van der Waals surface area (Å²) in [7, 11) is 0. The maximum atomic E-state index is 12.7. The summed E-state index contributed by atoms with van der Waals surface area (Å²) in [5, 5.41) is 33.0. The van der Waals surface area contributed by atoms with Gasteiger partial charge in [0.1, 0.15) is 6.10 Å². The Bertz CT molecular complexity index is 947. The van der Waals surface area contributed by atoms with Gasteiger partial charge in [-0.25, -0.2) is 0 Å².